The molecule has 1 amide bonds. The van der Waals surface area contributed by atoms with Crippen LogP contribution in [0.4, 0.5) is 0 Å². The Morgan fingerprint density at radius 3 is 1.87 bits per heavy atom. The monoisotopic (exact) mass is 468 g/mol. The molecule has 170 valence electrons. The molecule has 0 radical (unpaired) electrons. The predicted molar refractivity (Wildman–Crippen MR) is 131 cm³/mol. The van der Waals surface area contributed by atoms with Gasteiger partial charge in [0, 0.05) is 0 Å². The highest BCUT2D eigenvalue weighted by molar-refractivity contribution is 6.74. The SMILES string of the molecule is CC(NC(=O)C(Cc1ccc(O[Si](C)(C)C)cc1)N[Si](C)(C)C)C(=O)O[Si](C)(C)C. The van der Waals surface area contributed by atoms with E-state index in [2.05, 4.69) is 49.6 Å². The number of hydrogen-bond donors (Lipinski definition) is 2. The van der Waals surface area contributed by atoms with Crippen LogP contribution in [0.1, 0.15) is 12.5 Å². The molecule has 2 N–H and O–H groups in total. The summed E-state index contributed by atoms with van der Waals surface area (Å²) in [6.45, 7) is 20.4. The molecule has 2 atom stereocenters. The van der Waals surface area contributed by atoms with Crippen LogP contribution in [0.3, 0.4) is 0 Å². The first kappa shape index (κ1) is 26.6. The molecule has 0 aliphatic rings. The maximum absolute atomic E-state index is 13.0. The van der Waals surface area contributed by atoms with Crippen molar-refractivity contribution in [3.8, 4) is 5.75 Å². The van der Waals surface area contributed by atoms with Crippen molar-refractivity contribution in [3.63, 3.8) is 0 Å². The van der Waals surface area contributed by atoms with Crippen LogP contribution in [0.25, 0.3) is 0 Å². The molecule has 0 heterocycles. The van der Waals surface area contributed by atoms with Crippen molar-refractivity contribution in [2.45, 2.75) is 84.4 Å². The fourth-order valence-electron chi connectivity index (χ4n) is 2.78. The lowest BCUT2D eigenvalue weighted by Gasteiger charge is -2.28. The zero-order valence-corrected chi connectivity index (χ0v) is 23.3. The third-order valence-corrected chi connectivity index (χ3v) is 6.71. The molecule has 0 fully saturated rings. The third kappa shape index (κ3) is 11.1. The van der Waals surface area contributed by atoms with E-state index in [0.717, 1.165) is 11.3 Å². The molecule has 1 aromatic rings. The van der Waals surface area contributed by atoms with Gasteiger partial charge in [0.15, 0.2) is 0 Å². The van der Waals surface area contributed by atoms with Crippen molar-refractivity contribution in [2.24, 2.45) is 0 Å². The quantitative estimate of drug-likeness (QED) is 0.505. The van der Waals surface area contributed by atoms with E-state index in [-0.39, 0.29) is 11.9 Å². The Balaban J connectivity index is 2.88. The zero-order valence-electron chi connectivity index (χ0n) is 20.3. The van der Waals surface area contributed by atoms with E-state index in [1.165, 1.54) is 0 Å². The molecule has 0 bridgehead atoms. The predicted octanol–water partition coefficient (Wildman–Crippen LogP) is 4.12. The lowest BCUT2D eigenvalue weighted by atomic mass is 10.1. The molecule has 1 rings (SSSR count). The Morgan fingerprint density at radius 2 is 1.43 bits per heavy atom. The van der Waals surface area contributed by atoms with Crippen LogP contribution in [-0.2, 0) is 20.4 Å². The molecule has 1 aromatic carbocycles. The summed E-state index contributed by atoms with van der Waals surface area (Å²) in [7, 11) is -5.39. The highest BCUT2D eigenvalue weighted by Gasteiger charge is 2.29. The largest absolute Gasteiger partial charge is 0.544 e. The van der Waals surface area contributed by atoms with Gasteiger partial charge >= 0.3 is 5.97 Å². The molecule has 6 nitrogen and oxygen atoms in total. The number of benzene rings is 1. The summed E-state index contributed by atoms with van der Waals surface area (Å²) in [6, 6.07) is 6.84. The van der Waals surface area contributed by atoms with E-state index in [4.69, 9.17) is 8.85 Å². The van der Waals surface area contributed by atoms with E-state index in [0.29, 0.717) is 6.42 Å². The molecule has 0 aliphatic carbocycles. The summed E-state index contributed by atoms with van der Waals surface area (Å²) < 4.78 is 11.5. The Bertz CT molecular complexity index is 720. The molecule has 0 aliphatic heterocycles. The fourth-order valence-corrected chi connectivity index (χ4v) is 5.68. The van der Waals surface area contributed by atoms with Gasteiger partial charge in [-0.2, -0.15) is 0 Å². The smallest absolute Gasteiger partial charge is 0.315 e. The molecule has 0 spiro atoms. The topological polar surface area (TPSA) is 76.7 Å². The Morgan fingerprint density at radius 1 is 0.900 bits per heavy atom. The normalized spacial score (nSPS) is 14.6. The van der Waals surface area contributed by atoms with Gasteiger partial charge < -0.3 is 19.2 Å². The van der Waals surface area contributed by atoms with E-state index >= 15 is 0 Å². The summed E-state index contributed by atoms with van der Waals surface area (Å²) in [5, 5.41) is 2.84. The standard InChI is InChI=1S/C21H40N2O4Si3/c1-16(21(25)27-30(8,9)10)22-20(24)19(23-28(2,3)4)15-17-11-13-18(14-12-17)26-29(5,6)7/h11-14,16,19,23H,15H2,1-10H3,(H,22,24). The maximum Gasteiger partial charge on any atom is 0.315 e. The summed E-state index contributed by atoms with van der Waals surface area (Å²) in [4.78, 5) is 28.8. The lowest BCUT2D eigenvalue weighted by Crippen LogP contribution is -2.57. The van der Waals surface area contributed by atoms with Crippen LogP contribution in [0.5, 0.6) is 5.75 Å². The van der Waals surface area contributed by atoms with Crippen LogP contribution in [0.2, 0.25) is 58.9 Å². The van der Waals surface area contributed by atoms with Crippen molar-refractivity contribution in [2.75, 3.05) is 0 Å². The van der Waals surface area contributed by atoms with Crippen LogP contribution >= 0.6 is 0 Å². The van der Waals surface area contributed by atoms with Gasteiger partial charge in [0.05, 0.1) is 6.04 Å². The molecule has 0 saturated carbocycles. The number of amides is 1. The Labute approximate surface area is 185 Å². The molecular weight excluding hydrogens is 428 g/mol. The van der Waals surface area contributed by atoms with Crippen LogP contribution in [0, 0.1) is 0 Å². The maximum atomic E-state index is 13.0. The number of hydrogen-bond acceptors (Lipinski definition) is 5. The van der Waals surface area contributed by atoms with Crippen molar-refractivity contribution in [3.05, 3.63) is 29.8 Å². The molecular formula is C21H40N2O4Si3. The van der Waals surface area contributed by atoms with Crippen LogP contribution in [-0.4, -0.2) is 48.8 Å². The van der Waals surface area contributed by atoms with Crippen molar-refractivity contribution < 1.29 is 18.4 Å². The number of nitrogens with one attached hydrogen (secondary N) is 2. The molecule has 30 heavy (non-hydrogen) atoms. The summed E-state index contributed by atoms with van der Waals surface area (Å²) in [5.41, 5.74) is 1.04. The second-order valence-corrected chi connectivity index (χ2v) is 24.4. The fraction of sp³-hybridized carbons (Fsp3) is 0.619. The molecule has 2 unspecified atom stereocenters. The van der Waals surface area contributed by atoms with E-state index in [1.807, 2.05) is 43.9 Å². The lowest BCUT2D eigenvalue weighted by molar-refractivity contribution is -0.139. The molecule has 0 saturated heterocycles. The summed E-state index contributed by atoms with van der Waals surface area (Å²) >= 11 is 0. The van der Waals surface area contributed by atoms with Crippen molar-refractivity contribution in [1.82, 2.24) is 10.3 Å². The minimum absolute atomic E-state index is 0.181. The minimum atomic E-state index is -2.00. The van der Waals surface area contributed by atoms with Gasteiger partial charge in [-0.1, -0.05) is 31.8 Å². The number of carbonyl (C=O) groups excluding carboxylic acids is 2. The first-order chi connectivity index (χ1) is 13.5. The van der Waals surface area contributed by atoms with Crippen molar-refractivity contribution >= 4 is 36.7 Å². The van der Waals surface area contributed by atoms with Gasteiger partial charge in [0.2, 0.25) is 22.5 Å². The van der Waals surface area contributed by atoms with Crippen molar-refractivity contribution in [1.29, 1.82) is 0 Å². The number of rotatable bonds is 10. The Hall–Kier alpha value is -1.43. The minimum Gasteiger partial charge on any atom is -0.544 e. The first-order valence-electron chi connectivity index (χ1n) is 10.5. The zero-order chi connectivity index (χ0) is 23.3. The highest BCUT2D eigenvalue weighted by atomic mass is 28.4. The van der Waals surface area contributed by atoms with Gasteiger partial charge in [0.25, 0.3) is 0 Å². The van der Waals surface area contributed by atoms with Gasteiger partial charge in [-0.15, -0.1) is 0 Å². The summed E-state index contributed by atoms with van der Waals surface area (Å²) in [6.07, 6.45) is 0.541. The molecule has 9 heteroatoms. The van der Waals surface area contributed by atoms with Gasteiger partial charge in [0.1, 0.15) is 20.0 Å². The van der Waals surface area contributed by atoms with Crippen LogP contribution < -0.4 is 14.7 Å². The Kier molecular flexibility index (Phi) is 9.09. The van der Waals surface area contributed by atoms with Crippen LogP contribution in [0.15, 0.2) is 24.3 Å². The highest BCUT2D eigenvalue weighted by Crippen LogP contribution is 2.18. The van der Waals surface area contributed by atoms with E-state index in [1.54, 1.807) is 6.92 Å². The second-order valence-electron chi connectivity index (χ2n) is 10.8. The average Bonchev–Trinajstić information content (AvgIpc) is 2.51. The van der Waals surface area contributed by atoms with Gasteiger partial charge in [-0.05, 0) is 70.3 Å². The van der Waals surface area contributed by atoms with E-state index < -0.39 is 37.0 Å². The average molecular weight is 469 g/mol. The third-order valence-electron chi connectivity index (χ3n) is 3.83. The summed E-state index contributed by atoms with van der Waals surface area (Å²) in [5.74, 6) is 0.307. The van der Waals surface area contributed by atoms with Gasteiger partial charge in [-0.25, -0.2) is 0 Å². The number of carbonyl (C=O) groups is 2. The van der Waals surface area contributed by atoms with Gasteiger partial charge in [-0.3, -0.25) is 9.59 Å². The van der Waals surface area contributed by atoms with E-state index in [9.17, 15) is 9.59 Å². The molecule has 0 aromatic heterocycles. The second kappa shape index (κ2) is 10.3. The first-order valence-corrected chi connectivity index (χ1v) is 20.9.